The predicted octanol–water partition coefficient (Wildman–Crippen LogP) is 4.07. The van der Waals surface area contributed by atoms with E-state index in [-0.39, 0.29) is 23.2 Å². The van der Waals surface area contributed by atoms with Crippen molar-refractivity contribution in [3.05, 3.63) is 63.7 Å². The van der Waals surface area contributed by atoms with Gasteiger partial charge in [-0.15, -0.1) is 11.3 Å². The number of anilines is 2. The first-order valence-electron chi connectivity index (χ1n) is 13.0. The number of rotatable bonds is 8. The average Bonchev–Trinajstić information content (AvgIpc) is 3.33. The summed E-state index contributed by atoms with van der Waals surface area (Å²) in [7, 11) is 0. The van der Waals surface area contributed by atoms with Crippen LogP contribution in [-0.2, 0) is 29.6 Å². The van der Waals surface area contributed by atoms with Crippen molar-refractivity contribution < 1.29 is 14.7 Å². The molecule has 0 radical (unpaired) electrons. The third-order valence-corrected chi connectivity index (χ3v) is 8.83. The molecular formula is C28H34N6O3S. The molecule has 0 bridgehead atoms. The van der Waals surface area contributed by atoms with Crippen LogP contribution in [-0.4, -0.2) is 58.1 Å². The van der Waals surface area contributed by atoms with Gasteiger partial charge in [-0.2, -0.15) is 0 Å². The van der Waals surface area contributed by atoms with Crippen molar-refractivity contribution in [3.8, 4) is 5.75 Å². The minimum Gasteiger partial charge on any atom is -0.508 e. The van der Waals surface area contributed by atoms with Gasteiger partial charge >= 0.3 is 6.03 Å². The van der Waals surface area contributed by atoms with Crippen LogP contribution >= 0.6 is 11.3 Å². The molecule has 0 aliphatic carbocycles. The van der Waals surface area contributed by atoms with Gasteiger partial charge in [-0.1, -0.05) is 13.8 Å². The summed E-state index contributed by atoms with van der Waals surface area (Å²) >= 11 is 1.71. The zero-order chi connectivity index (χ0) is 26.7. The van der Waals surface area contributed by atoms with Crippen LogP contribution < -0.4 is 15.5 Å². The number of carbonyl (C=O) groups excluding carboxylic acids is 2. The SMILES string of the molecule is CC(C)(Cc1cc(N2CCC(N3CCc4cc(O)ccc4NC3=O)CC2)ncn1)c1sccc1CNC=O. The van der Waals surface area contributed by atoms with Gasteiger partial charge in [0.2, 0.25) is 6.41 Å². The summed E-state index contributed by atoms with van der Waals surface area (Å²) in [5.74, 6) is 1.14. The van der Waals surface area contributed by atoms with E-state index in [4.69, 9.17) is 0 Å². The van der Waals surface area contributed by atoms with Gasteiger partial charge in [-0.05, 0) is 66.5 Å². The van der Waals surface area contributed by atoms with Gasteiger partial charge in [0, 0.05) is 60.0 Å². The number of benzene rings is 1. The Morgan fingerprint density at radius 3 is 2.79 bits per heavy atom. The van der Waals surface area contributed by atoms with Gasteiger partial charge in [0.1, 0.15) is 17.9 Å². The lowest BCUT2D eigenvalue weighted by molar-refractivity contribution is -0.109. The molecule has 0 saturated carbocycles. The number of hydrogen-bond acceptors (Lipinski definition) is 7. The van der Waals surface area contributed by atoms with E-state index in [1.165, 1.54) is 4.88 Å². The highest BCUT2D eigenvalue weighted by Gasteiger charge is 2.31. The number of piperidine rings is 1. The third-order valence-electron chi connectivity index (χ3n) is 7.51. The molecule has 5 rings (SSSR count). The van der Waals surface area contributed by atoms with Crippen molar-refractivity contribution >= 4 is 35.3 Å². The first kappa shape index (κ1) is 26.0. The van der Waals surface area contributed by atoms with Crippen molar-refractivity contribution in [1.82, 2.24) is 20.2 Å². The molecular weight excluding hydrogens is 500 g/mol. The van der Waals surface area contributed by atoms with Crippen molar-refractivity contribution in [1.29, 1.82) is 0 Å². The van der Waals surface area contributed by atoms with E-state index in [2.05, 4.69) is 56.9 Å². The minimum atomic E-state index is -0.138. The normalized spacial score (nSPS) is 16.5. The number of fused-ring (bicyclic) bond motifs is 1. The van der Waals surface area contributed by atoms with E-state index in [1.54, 1.807) is 35.9 Å². The number of aromatic hydroxyl groups is 1. The van der Waals surface area contributed by atoms with Gasteiger partial charge in [0.15, 0.2) is 0 Å². The smallest absolute Gasteiger partial charge is 0.322 e. The minimum absolute atomic E-state index is 0.0734. The number of thiophene rings is 1. The quantitative estimate of drug-likeness (QED) is 0.297. The summed E-state index contributed by atoms with van der Waals surface area (Å²) in [6, 6.07) is 9.35. The highest BCUT2D eigenvalue weighted by Crippen LogP contribution is 2.35. The molecule has 1 saturated heterocycles. The van der Waals surface area contributed by atoms with E-state index < -0.39 is 0 Å². The zero-order valence-corrected chi connectivity index (χ0v) is 22.6. The highest BCUT2D eigenvalue weighted by atomic mass is 32.1. The fourth-order valence-electron chi connectivity index (χ4n) is 5.60. The summed E-state index contributed by atoms with van der Waals surface area (Å²) < 4.78 is 0. The Bertz CT molecular complexity index is 1300. The lowest BCUT2D eigenvalue weighted by atomic mass is 9.84. The summed E-state index contributed by atoms with van der Waals surface area (Å²) in [4.78, 5) is 38.4. The molecule has 3 N–H and O–H groups in total. The number of phenols is 1. The molecule has 3 amide bonds. The average molecular weight is 535 g/mol. The lowest BCUT2D eigenvalue weighted by Crippen LogP contribution is -2.49. The maximum atomic E-state index is 13.0. The zero-order valence-electron chi connectivity index (χ0n) is 21.8. The van der Waals surface area contributed by atoms with Gasteiger partial charge in [0.25, 0.3) is 0 Å². The molecule has 4 heterocycles. The largest absolute Gasteiger partial charge is 0.508 e. The van der Waals surface area contributed by atoms with Crippen molar-refractivity contribution in [2.45, 2.75) is 57.5 Å². The highest BCUT2D eigenvalue weighted by molar-refractivity contribution is 7.10. The molecule has 38 heavy (non-hydrogen) atoms. The van der Waals surface area contributed by atoms with E-state index in [9.17, 15) is 14.7 Å². The second-order valence-electron chi connectivity index (χ2n) is 10.6. The Balaban J connectivity index is 1.21. The lowest BCUT2D eigenvalue weighted by Gasteiger charge is -2.38. The second kappa shape index (κ2) is 11.0. The molecule has 0 unspecified atom stereocenters. The third kappa shape index (κ3) is 5.60. The van der Waals surface area contributed by atoms with Gasteiger partial charge in [0.05, 0.1) is 0 Å². The van der Waals surface area contributed by atoms with E-state index >= 15 is 0 Å². The molecule has 1 aromatic carbocycles. The molecule has 9 nitrogen and oxygen atoms in total. The van der Waals surface area contributed by atoms with Crippen LogP contribution in [0.2, 0.25) is 0 Å². The number of phenolic OH excluding ortho intramolecular Hbond substituents is 1. The van der Waals surface area contributed by atoms with E-state index in [1.807, 2.05) is 4.90 Å². The molecule has 10 heteroatoms. The predicted molar refractivity (Wildman–Crippen MR) is 149 cm³/mol. The molecule has 2 aliphatic rings. The van der Waals surface area contributed by atoms with Crippen molar-refractivity contribution in [3.63, 3.8) is 0 Å². The van der Waals surface area contributed by atoms with Crippen LogP contribution in [0, 0.1) is 0 Å². The molecule has 3 aromatic rings. The number of urea groups is 1. The molecule has 0 atom stereocenters. The number of aromatic nitrogens is 2. The molecule has 200 valence electrons. The van der Waals surface area contributed by atoms with E-state index in [0.717, 1.165) is 67.1 Å². The Kier molecular flexibility index (Phi) is 7.51. The van der Waals surface area contributed by atoms with Crippen LogP contribution in [0.1, 0.15) is 48.4 Å². The maximum absolute atomic E-state index is 13.0. The number of nitrogens with zero attached hydrogens (tertiary/aromatic N) is 4. The number of nitrogens with one attached hydrogen (secondary N) is 2. The molecule has 2 aliphatic heterocycles. The summed E-state index contributed by atoms with van der Waals surface area (Å²) in [5, 5.41) is 17.7. The van der Waals surface area contributed by atoms with E-state index in [0.29, 0.717) is 19.5 Å². The summed E-state index contributed by atoms with van der Waals surface area (Å²) in [6.45, 7) is 7.21. The maximum Gasteiger partial charge on any atom is 0.322 e. The Hall–Kier alpha value is -3.66. The van der Waals surface area contributed by atoms with Crippen LogP contribution in [0.25, 0.3) is 0 Å². The number of hydrogen-bond donors (Lipinski definition) is 3. The van der Waals surface area contributed by atoms with Gasteiger partial charge in [-0.3, -0.25) is 4.79 Å². The van der Waals surface area contributed by atoms with Crippen LogP contribution in [0.5, 0.6) is 5.75 Å². The Labute approximate surface area is 226 Å². The van der Waals surface area contributed by atoms with Gasteiger partial charge < -0.3 is 25.5 Å². The molecule has 1 fully saturated rings. The fourth-order valence-corrected chi connectivity index (χ4v) is 6.65. The first-order valence-corrected chi connectivity index (χ1v) is 13.9. The van der Waals surface area contributed by atoms with Crippen LogP contribution in [0.4, 0.5) is 16.3 Å². The van der Waals surface area contributed by atoms with Crippen molar-refractivity contribution in [2.75, 3.05) is 29.9 Å². The topological polar surface area (TPSA) is 111 Å². The second-order valence-corrected chi connectivity index (χ2v) is 11.6. The van der Waals surface area contributed by atoms with Gasteiger partial charge in [-0.25, -0.2) is 14.8 Å². The number of amides is 3. The van der Waals surface area contributed by atoms with Crippen molar-refractivity contribution in [2.24, 2.45) is 0 Å². The van der Waals surface area contributed by atoms with Crippen LogP contribution in [0.15, 0.2) is 42.0 Å². The fraction of sp³-hybridized carbons (Fsp3) is 0.429. The van der Waals surface area contributed by atoms with Crippen LogP contribution in [0.3, 0.4) is 0 Å². The summed E-state index contributed by atoms with van der Waals surface area (Å²) in [5.41, 5.74) is 3.73. The first-order chi connectivity index (χ1) is 18.3. The molecule has 2 aromatic heterocycles. The Morgan fingerprint density at radius 2 is 2.00 bits per heavy atom. The standard InChI is InChI=1S/C28H34N6O3S/c1-28(2,26-20(8-12-38-26)16-29-18-35)15-21-14-25(31-17-30-21)33-9-6-22(7-10-33)34-11-5-19-13-23(36)3-4-24(19)32-27(34)37/h3-4,8,12-14,17-18,22,36H,5-7,9-11,15-16H2,1-2H3,(H,29,35)(H,32,37). The number of carbonyl (C=O) groups is 2. The monoisotopic (exact) mass is 534 g/mol. The summed E-state index contributed by atoms with van der Waals surface area (Å²) in [6.07, 6.45) is 5.58. The Morgan fingerprint density at radius 1 is 1.18 bits per heavy atom. The molecule has 0 spiro atoms.